The molecule has 6 aromatic rings. The SMILES string of the molecule is COCOC1(c2ccc(Br)cc2)CCC(C)(c2ccc(-c3ccc(C4(C)CCC(OCOC)(c5ccc(-c6ccc(C7(OCOC)CCC(OCOC)(c8ccc(Br)cc8)CC7)cc6)cc5)CC4)cc3)cc2)CC1. The van der Waals surface area contributed by atoms with Crippen LogP contribution in [-0.4, -0.2) is 55.6 Å². The molecule has 0 spiro atoms. The Morgan fingerprint density at radius 1 is 0.284 bits per heavy atom. The van der Waals surface area contributed by atoms with E-state index in [1.54, 1.807) is 28.4 Å². The summed E-state index contributed by atoms with van der Waals surface area (Å²) in [5, 5.41) is 0. The smallest absolute Gasteiger partial charge is 0.147 e. The highest BCUT2D eigenvalue weighted by molar-refractivity contribution is 9.10. The largest absolute Gasteiger partial charge is 0.359 e. The van der Waals surface area contributed by atoms with Crippen LogP contribution in [0.2, 0.25) is 0 Å². The summed E-state index contributed by atoms with van der Waals surface area (Å²) in [6.07, 6.45) is 10.9. The molecular weight excluding hydrogens is 1060 g/mol. The van der Waals surface area contributed by atoms with Crippen molar-refractivity contribution >= 4 is 31.9 Å². The van der Waals surface area contributed by atoms with E-state index in [-0.39, 0.29) is 43.6 Å². The van der Waals surface area contributed by atoms with Crippen LogP contribution in [-0.2, 0) is 71.1 Å². The number of ether oxygens (including phenoxy) is 8. The van der Waals surface area contributed by atoms with Crippen LogP contribution in [0.4, 0.5) is 0 Å². The van der Waals surface area contributed by atoms with Crippen LogP contribution in [0.25, 0.3) is 22.3 Å². The van der Waals surface area contributed by atoms with E-state index in [2.05, 4.69) is 191 Å². The van der Waals surface area contributed by atoms with Crippen LogP contribution < -0.4 is 0 Å². The van der Waals surface area contributed by atoms with Gasteiger partial charge >= 0.3 is 0 Å². The van der Waals surface area contributed by atoms with E-state index in [0.29, 0.717) is 0 Å². The molecule has 3 fully saturated rings. The summed E-state index contributed by atoms with van der Waals surface area (Å²) in [5.74, 6) is 0. The molecule has 0 radical (unpaired) electrons. The first-order valence-electron chi connectivity index (χ1n) is 26.3. The zero-order valence-corrected chi connectivity index (χ0v) is 47.4. The van der Waals surface area contributed by atoms with Crippen LogP contribution in [0.3, 0.4) is 0 Å². The van der Waals surface area contributed by atoms with Crippen LogP contribution in [0.15, 0.2) is 155 Å². The van der Waals surface area contributed by atoms with Gasteiger partial charge in [-0.2, -0.15) is 0 Å². The molecule has 3 saturated carbocycles. The van der Waals surface area contributed by atoms with E-state index >= 15 is 0 Å². The van der Waals surface area contributed by atoms with Gasteiger partial charge in [0, 0.05) is 37.4 Å². The summed E-state index contributed by atoms with van der Waals surface area (Å²) in [7, 11) is 6.76. The second kappa shape index (κ2) is 23.7. The Balaban J connectivity index is 0.843. The topological polar surface area (TPSA) is 73.8 Å². The molecule has 8 nitrogen and oxygen atoms in total. The summed E-state index contributed by atoms with van der Waals surface area (Å²) < 4.78 is 50.2. The monoisotopic (exact) mass is 1130 g/mol. The molecule has 6 aromatic carbocycles. The predicted molar refractivity (Wildman–Crippen MR) is 301 cm³/mol. The predicted octanol–water partition coefficient (Wildman–Crippen LogP) is 16.1. The third kappa shape index (κ3) is 11.6. The van der Waals surface area contributed by atoms with E-state index in [1.807, 2.05) is 0 Å². The van der Waals surface area contributed by atoms with Gasteiger partial charge in [0.2, 0.25) is 0 Å². The zero-order valence-electron chi connectivity index (χ0n) is 44.2. The van der Waals surface area contributed by atoms with Crippen molar-refractivity contribution in [1.82, 2.24) is 0 Å². The molecule has 0 aromatic heterocycles. The third-order valence-electron chi connectivity index (χ3n) is 17.4. The van der Waals surface area contributed by atoms with E-state index in [1.165, 1.54) is 33.4 Å². The van der Waals surface area contributed by atoms with Crippen LogP contribution in [0.1, 0.15) is 124 Å². The number of hydrogen-bond acceptors (Lipinski definition) is 8. The molecule has 0 unspecified atom stereocenters. The number of hydrogen-bond donors (Lipinski definition) is 0. The van der Waals surface area contributed by atoms with Crippen molar-refractivity contribution < 1.29 is 37.9 Å². The van der Waals surface area contributed by atoms with Gasteiger partial charge in [0.1, 0.15) is 27.2 Å². The second-order valence-electron chi connectivity index (χ2n) is 21.6. The highest BCUT2D eigenvalue weighted by Gasteiger charge is 2.48. The lowest BCUT2D eigenvalue weighted by molar-refractivity contribution is -0.203. The van der Waals surface area contributed by atoms with Gasteiger partial charge in [0.05, 0.1) is 22.4 Å². The number of benzene rings is 6. The van der Waals surface area contributed by atoms with Gasteiger partial charge in [0.25, 0.3) is 0 Å². The molecule has 0 amide bonds. The lowest BCUT2D eigenvalue weighted by Crippen LogP contribution is -2.43. The standard InChI is InChI=1S/C64H74Br2O8/c1-59(51-15-7-47(8-16-51)48-9-17-52(18-10-48)60(2)33-37-62(38-34-60,72-44-68-4)55-23-27-57(65)28-24-55)31-35-61(36-32-59,71-43-67-3)53-19-11-49(12-20-53)50-13-21-54(22-14-50)63(73-45-69-5)39-41-64(42-40-63,74-46-70-6)56-25-29-58(66)30-26-56/h7-30H,31-46H2,1-6H3. The fraction of sp³-hybridized carbons (Fsp3) is 0.438. The molecule has 9 rings (SSSR count). The first-order valence-corrected chi connectivity index (χ1v) is 27.9. The maximum absolute atomic E-state index is 6.69. The maximum atomic E-state index is 6.69. The Kier molecular flexibility index (Phi) is 17.5. The Labute approximate surface area is 457 Å². The summed E-state index contributed by atoms with van der Waals surface area (Å²) >= 11 is 7.19. The highest BCUT2D eigenvalue weighted by atomic mass is 79.9. The molecule has 74 heavy (non-hydrogen) atoms. The summed E-state index contributed by atoms with van der Waals surface area (Å²) in [6, 6.07) is 53.6. The van der Waals surface area contributed by atoms with Crippen molar-refractivity contribution in [3.05, 3.63) is 188 Å². The molecule has 0 heterocycles. The van der Waals surface area contributed by atoms with Crippen LogP contribution >= 0.6 is 31.9 Å². The quantitative estimate of drug-likeness (QED) is 0.0700. The second-order valence-corrected chi connectivity index (χ2v) is 23.5. The molecule has 392 valence electrons. The summed E-state index contributed by atoms with van der Waals surface area (Å²) in [4.78, 5) is 0. The highest BCUT2D eigenvalue weighted by Crippen LogP contribution is 2.53. The van der Waals surface area contributed by atoms with E-state index in [0.717, 1.165) is 108 Å². The van der Waals surface area contributed by atoms with Crippen molar-refractivity contribution in [2.75, 3.05) is 55.6 Å². The van der Waals surface area contributed by atoms with Crippen molar-refractivity contribution in [2.24, 2.45) is 0 Å². The van der Waals surface area contributed by atoms with Crippen LogP contribution in [0.5, 0.6) is 0 Å². The normalized spacial score (nSPS) is 27.2. The van der Waals surface area contributed by atoms with Crippen molar-refractivity contribution in [2.45, 2.75) is 124 Å². The first-order chi connectivity index (χ1) is 35.8. The van der Waals surface area contributed by atoms with Gasteiger partial charge in [-0.25, -0.2) is 0 Å². The Bertz CT molecular complexity index is 2700. The minimum atomic E-state index is -0.505. The average Bonchev–Trinajstić information content (AvgIpc) is 3.45. The van der Waals surface area contributed by atoms with E-state index in [4.69, 9.17) is 37.9 Å². The van der Waals surface area contributed by atoms with E-state index < -0.39 is 16.8 Å². The molecular formula is C64H74Br2O8. The average molecular weight is 1130 g/mol. The molecule has 3 aliphatic rings. The molecule has 0 atom stereocenters. The van der Waals surface area contributed by atoms with E-state index in [9.17, 15) is 0 Å². The Morgan fingerprint density at radius 2 is 0.473 bits per heavy atom. The number of methoxy groups -OCH3 is 4. The molecule has 0 N–H and O–H groups in total. The van der Waals surface area contributed by atoms with Gasteiger partial charge in [-0.1, -0.05) is 167 Å². The Hall–Kier alpha value is -4.04. The number of halogens is 2. The summed E-state index contributed by atoms with van der Waals surface area (Å²) in [5.41, 5.74) is 10.6. The lowest BCUT2D eigenvalue weighted by Gasteiger charge is -2.46. The first kappa shape index (κ1) is 54.7. The van der Waals surface area contributed by atoms with Gasteiger partial charge in [0.15, 0.2) is 0 Å². The minimum absolute atomic E-state index is 0.0259. The fourth-order valence-electron chi connectivity index (χ4n) is 12.4. The fourth-order valence-corrected chi connectivity index (χ4v) is 12.9. The Morgan fingerprint density at radius 3 is 0.689 bits per heavy atom. The van der Waals surface area contributed by atoms with Crippen molar-refractivity contribution in [3.8, 4) is 22.3 Å². The zero-order chi connectivity index (χ0) is 51.9. The molecule has 3 aliphatic carbocycles. The summed E-state index contributed by atoms with van der Waals surface area (Å²) in [6.45, 7) is 5.81. The van der Waals surface area contributed by atoms with Gasteiger partial charge < -0.3 is 37.9 Å². The van der Waals surface area contributed by atoms with Crippen molar-refractivity contribution in [1.29, 1.82) is 0 Å². The molecule has 0 bridgehead atoms. The number of rotatable bonds is 20. The molecule has 10 heteroatoms. The van der Waals surface area contributed by atoms with Crippen molar-refractivity contribution in [3.63, 3.8) is 0 Å². The van der Waals surface area contributed by atoms with Crippen LogP contribution in [0, 0.1) is 0 Å². The maximum Gasteiger partial charge on any atom is 0.147 e. The van der Waals surface area contributed by atoms with Gasteiger partial charge in [-0.3, -0.25) is 0 Å². The van der Waals surface area contributed by atoms with Gasteiger partial charge in [-0.05, 0) is 168 Å². The minimum Gasteiger partial charge on any atom is -0.359 e. The molecule has 0 saturated heterocycles. The lowest BCUT2D eigenvalue weighted by atomic mass is 9.64. The third-order valence-corrected chi connectivity index (χ3v) is 18.5. The van der Waals surface area contributed by atoms with Gasteiger partial charge in [-0.15, -0.1) is 0 Å². The molecule has 0 aliphatic heterocycles.